The highest BCUT2D eigenvalue weighted by Gasteiger charge is 2.19. The molecule has 186 valence electrons. The maximum Gasteiger partial charge on any atom is 0.0991 e. The van der Waals surface area contributed by atoms with Crippen molar-refractivity contribution in [2.45, 2.75) is 12.6 Å². The van der Waals surface area contributed by atoms with Crippen molar-refractivity contribution >= 4 is 33.5 Å². The Morgan fingerprint density at radius 1 is 0.795 bits per heavy atom. The largest absolute Gasteiger partial charge is 0.442 e. The molecule has 0 bridgehead atoms. The van der Waals surface area contributed by atoms with Crippen molar-refractivity contribution in [2.75, 3.05) is 0 Å². The number of nitriles is 1. The lowest BCUT2D eigenvalue weighted by atomic mass is 9.96. The molecule has 39 heavy (non-hydrogen) atoms. The molecular weight excluding hydrogens is 478 g/mol. The van der Waals surface area contributed by atoms with Gasteiger partial charge < -0.3 is 14.9 Å². The summed E-state index contributed by atoms with van der Waals surface area (Å²) in [4.78, 5) is 9.90. The first kappa shape index (κ1) is 22.9. The lowest BCUT2D eigenvalue weighted by molar-refractivity contribution is 0.570. The number of allylic oxidation sites excluding steroid dienone is 3. The van der Waals surface area contributed by atoms with Crippen LogP contribution in [0.4, 0.5) is 0 Å². The van der Waals surface area contributed by atoms with Gasteiger partial charge in [-0.25, -0.2) is 0 Å². The molecule has 5 aromatic rings. The Hall–Kier alpha value is -5.21. The number of para-hydroxylation sites is 1. The van der Waals surface area contributed by atoms with Crippen LogP contribution in [0.15, 0.2) is 131 Å². The summed E-state index contributed by atoms with van der Waals surface area (Å²) in [6.07, 6.45) is 9.19. The first-order valence-electron chi connectivity index (χ1n) is 13.1. The minimum atomic E-state index is -0.222. The summed E-state index contributed by atoms with van der Waals surface area (Å²) >= 11 is 0. The molecule has 2 atom stereocenters. The van der Waals surface area contributed by atoms with Crippen LogP contribution in [0, 0.1) is 17.2 Å². The monoisotopic (exact) mass is 502 g/mol. The molecule has 1 aromatic heterocycles. The normalized spacial score (nSPS) is 18.4. The van der Waals surface area contributed by atoms with Crippen molar-refractivity contribution in [1.29, 1.82) is 5.26 Å². The van der Waals surface area contributed by atoms with Crippen molar-refractivity contribution in [3.63, 3.8) is 0 Å². The van der Waals surface area contributed by atoms with E-state index < -0.39 is 0 Å². The third-order valence-corrected chi connectivity index (χ3v) is 7.33. The number of hydrogen-bond acceptors (Lipinski definition) is 3. The third-order valence-electron chi connectivity index (χ3n) is 7.33. The van der Waals surface area contributed by atoms with Crippen molar-refractivity contribution in [1.82, 2.24) is 4.57 Å². The number of aromatic nitrogens is 1. The number of fused-ring (bicyclic) bond motifs is 3. The topological polar surface area (TPSA) is 67.5 Å². The molecule has 0 saturated heterocycles. The number of nitrogens with zero attached hydrogens (tertiary/aromatic N) is 5. The molecule has 0 saturated carbocycles. The third kappa shape index (κ3) is 4.13. The van der Waals surface area contributed by atoms with Gasteiger partial charge in [0.15, 0.2) is 0 Å². The highest BCUT2D eigenvalue weighted by molar-refractivity contribution is 6.18. The van der Waals surface area contributed by atoms with Gasteiger partial charge in [0.2, 0.25) is 0 Å². The highest BCUT2D eigenvalue weighted by atomic mass is 15.2. The number of hydrogen-bond donors (Lipinski definition) is 0. The zero-order valence-corrected chi connectivity index (χ0v) is 21.1. The minimum absolute atomic E-state index is 0.203. The summed E-state index contributed by atoms with van der Waals surface area (Å²) in [5.41, 5.74) is 5.81. The van der Waals surface area contributed by atoms with Crippen LogP contribution in [0.25, 0.3) is 32.8 Å². The average Bonchev–Trinajstić information content (AvgIpc) is 3.35. The van der Waals surface area contributed by atoms with Gasteiger partial charge in [-0.05, 0) is 53.9 Å². The molecule has 0 N–H and O–H groups in total. The molecule has 2 unspecified atom stereocenters. The molecule has 0 amide bonds. The molecule has 7 rings (SSSR count). The van der Waals surface area contributed by atoms with E-state index in [4.69, 9.17) is 15.3 Å². The lowest BCUT2D eigenvalue weighted by Crippen LogP contribution is -2.26. The number of benzene rings is 4. The Balaban J connectivity index is 1.31. The number of rotatable bonds is 4. The highest BCUT2D eigenvalue weighted by Crippen LogP contribution is 2.33. The Bertz CT molecular complexity index is 1860. The van der Waals surface area contributed by atoms with Crippen molar-refractivity contribution in [3.05, 3.63) is 143 Å². The smallest absolute Gasteiger partial charge is 0.0991 e. The number of amidine groups is 2. The molecule has 5 nitrogen and oxygen atoms in total. The maximum atomic E-state index is 9.45. The molecule has 2 aliphatic rings. The molecule has 2 heterocycles. The van der Waals surface area contributed by atoms with Crippen molar-refractivity contribution in [3.8, 4) is 11.8 Å². The zero-order chi connectivity index (χ0) is 26.2. The maximum absolute atomic E-state index is 9.45. The second-order valence-electron chi connectivity index (χ2n) is 9.75. The zero-order valence-electron chi connectivity index (χ0n) is 21.1. The second kappa shape index (κ2) is 9.59. The van der Waals surface area contributed by atoms with E-state index in [9.17, 15) is 5.26 Å². The fourth-order valence-electron chi connectivity index (χ4n) is 5.40. The van der Waals surface area contributed by atoms with E-state index in [0.717, 1.165) is 45.0 Å². The Morgan fingerprint density at radius 3 is 2.38 bits per heavy atom. The first-order valence-corrected chi connectivity index (χ1v) is 13.1. The van der Waals surface area contributed by atoms with E-state index in [-0.39, 0.29) is 12.1 Å². The second-order valence-corrected chi connectivity index (χ2v) is 9.75. The average molecular weight is 503 g/mol. The summed E-state index contributed by atoms with van der Waals surface area (Å²) in [6.45, 7) is 0. The molecule has 1 aliphatic heterocycles. The predicted octanol–water partition coefficient (Wildman–Crippen LogP) is 7.69. The van der Waals surface area contributed by atoms with Gasteiger partial charge in [-0.3, -0.25) is 4.99 Å². The van der Waals surface area contributed by atoms with E-state index in [1.807, 2.05) is 60.7 Å². The van der Waals surface area contributed by atoms with Crippen LogP contribution in [0.5, 0.6) is 0 Å². The molecule has 5 heteroatoms. The summed E-state index contributed by atoms with van der Waals surface area (Å²) in [5.74, 6) is 1.62. The summed E-state index contributed by atoms with van der Waals surface area (Å²) < 4.78 is 2.24. The van der Waals surface area contributed by atoms with Gasteiger partial charge in [0, 0.05) is 22.4 Å². The quantitative estimate of drug-likeness (QED) is 0.248. The molecule has 1 aliphatic carbocycles. The SMILES string of the molecule is N#Cc1ccc2c(c1)c1ccccc1n2-c1ccc(C2=NC(C3C=CC=CC3)[N-]C(c3ccccc3)=N2)cc1. The Kier molecular flexibility index (Phi) is 5.64. The van der Waals surface area contributed by atoms with Gasteiger partial charge in [-0.15, -0.1) is 0 Å². The van der Waals surface area contributed by atoms with Gasteiger partial charge in [0.05, 0.1) is 34.7 Å². The molecule has 0 spiro atoms. The van der Waals surface area contributed by atoms with Gasteiger partial charge in [-0.1, -0.05) is 90.8 Å². The molecule has 0 fully saturated rings. The Morgan fingerprint density at radius 2 is 1.59 bits per heavy atom. The van der Waals surface area contributed by atoms with Crippen LogP contribution in [0.3, 0.4) is 0 Å². The summed E-state index contributed by atoms with van der Waals surface area (Å²) in [7, 11) is 0. The van der Waals surface area contributed by atoms with Crippen molar-refractivity contribution in [2.24, 2.45) is 15.9 Å². The van der Waals surface area contributed by atoms with Crippen LogP contribution in [0.2, 0.25) is 0 Å². The van der Waals surface area contributed by atoms with Crippen LogP contribution >= 0.6 is 0 Å². The van der Waals surface area contributed by atoms with Gasteiger partial charge in [0.25, 0.3) is 0 Å². The Labute approximate surface area is 226 Å². The summed E-state index contributed by atoms with van der Waals surface area (Å²) in [6, 6.07) is 35.0. The molecular formula is C34H24N5-. The fourth-order valence-corrected chi connectivity index (χ4v) is 5.40. The molecule has 4 aromatic carbocycles. The van der Waals surface area contributed by atoms with E-state index in [2.05, 4.69) is 71.3 Å². The fraction of sp³-hybridized carbons (Fsp3) is 0.0882. The van der Waals surface area contributed by atoms with Crippen LogP contribution in [0.1, 0.15) is 23.1 Å². The lowest BCUT2D eigenvalue weighted by Gasteiger charge is -2.36. The van der Waals surface area contributed by atoms with E-state index >= 15 is 0 Å². The van der Waals surface area contributed by atoms with Crippen molar-refractivity contribution < 1.29 is 0 Å². The number of aliphatic imine (C=N–C) groups is 2. The van der Waals surface area contributed by atoms with Gasteiger partial charge in [0.1, 0.15) is 0 Å². The first-order chi connectivity index (χ1) is 19.3. The minimum Gasteiger partial charge on any atom is -0.442 e. The van der Waals surface area contributed by atoms with E-state index in [0.29, 0.717) is 17.2 Å². The van der Waals surface area contributed by atoms with Crippen LogP contribution < -0.4 is 0 Å². The van der Waals surface area contributed by atoms with Gasteiger partial charge in [-0.2, -0.15) is 5.26 Å². The van der Waals surface area contributed by atoms with Crippen LogP contribution in [-0.2, 0) is 0 Å². The summed E-state index contributed by atoms with van der Waals surface area (Å²) in [5, 5.41) is 16.6. The standard InChI is InChI=1S/C34H24N5/c35-22-23-15-20-31-29(21-23)28-13-7-8-14-30(28)39(31)27-18-16-26(17-19-27)34-37-32(24-9-3-1-4-10-24)36-33(38-34)25-11-5-2-6-12-25/h1-11,13-21,25,33H,12H2/q-1. The predicted molar refractivity (Wildman–Crippen MR) is 159 cm³/mol. The molecule has 0 radical (unpaired) electrons. The van der Waals surface area contributed by atoms with Gasteiger partial charge >= 0.3 is 0 Å². The van der Waals surface area contributed by atoms with E-state index in [1.165, 1.54) is 0 Å². The van der Waals surface area contributed by atoms with Crippen LogP contribution in [-0.4, -0.2) is 22.4 Å². The van der Waals surface area contributed by atoms with E-state index in [1.54, 1.807) is 0 Å².